The van der Waals surface area contributed by atoms with E-state index in [0.29, 0.717) is 34.0 Å². The third kappa shape index (κ3) is 2.93. The molecule has 2 fully saturated rings. The molecule has 5 nitrogen and oxygen atoms in total. The second-order valence-corrected chi connectivity index (χ2v) is 8.93. The minimum atomic E-state index is -0.173. The van der Waals surface area contributed by atoms with Crippen LogP contribution in [-0.4, -0.2) is 37.3 Å². The molecule has 1 aliphatic heterocycles. The van der Waals surface area contributed by atoms with E-state index in [1.807, 2.05) is 6.07 Å². The smallest absolute Gasteiger partial charge is 0.257 e. The van der Waals surface area contributed by atoms with Crippen molar-refractivity contribution in [1.82, 2.24) is 19.0 Å². The molecule has 1 amide bonds. The van der Waals surface area contributed by atoms with E-state index in [9.17, 15) is 4.79 Å². The minimum Gasteiger partial charge on any atom is -0.346 e. The number of amides is 1. The highest BCUT2D eigenvalue weighted by atomic mass is 32.1. The Kier molecular flexibility index (Phi) is 4.03. The number of thiocarbonyl (C=S) groups is 1. The molecule has 2 aromatic rings. The molecule has 132 valence electrons. The number of carbonyl (C=O) groups is 1. The highest BCUT2D eigenvalue weighted by Gasteiger charge is 2.48. The minimum absolute atomic E-state index is 0.173. The first-order chi connectivity index (χ1) is 11.8. The summed E-state index contributed by atoms with van der Waals surface area (Å²) >= 11 is 6.73. The molecule has 4 rings (SSSR count). The first kappa shape index (κ1) is 16.8. The quantitative estimate of drug-likeness (QED) is 0.775. The third-order valence-electron chi connectivity index (χ3n) is 6.15. The van der Waals surface area contributed by atoms with E-state index in [0.717, 1.165) is 35.7 Å². The molecule has 1 N–H and O–H groups in total. The molecule has 0 radical (unpaired) electrons. The standard InChI is InChI=1S/C18H22N4OS2/c1-10-12-6-13(8-18(10,2)3)22(9-12)17(24)19-16(23)11-4-5-14-15(7-11)21-25-20-14/h4-5,7,10,12-13H,6,8-9H2,1-3H3,(H,19,23,24). The number of benzene rings is 1. The molecule has 7 heteroatoms. The van der Waals surface area contributed by atoms with Gasteiger partial charge in [-0.15, -0.1) is 0 Å². The fraction of sp³-hybridized carbons (Fsp3) is 0.556. The van der Waals surface area contributed by atoms with E-state index >= 15 is 0 Å². The molecule has 3 atom stereocenters. The SMILES string of the molecule is CC1C2CC(CC1(C)C)N(C(=S)NC(=O)c1ccc3nsnc3c1)C2. The van der Waals surface area contributed by atoms with Crippen LogP contribution in [0, 0.1) is 17.3 Å². The number of fused-ring (bicyclic) bond motifs is 3. The molecule has 0 spiro atoms. The van der Waals surface area contributed by atoms with Crippen LogP contribution < -0.4 is 5.32 Å². The lowest BCUT2D eigenvalue weighted by Crippen LogP contribution is -2.45. The predicted molar refractivity (Wildman–Crippen MR) is 104 cm³/mol. The summed E-state index contributed by atoms with van der Waals surface area (Å²) < 4.78 is 8.36. The molecule has 1 aromatic heterocycles. The van der Waals surface area contributed by atoms with E-state index < -0.39 is 0 Å². The number of hydrogen-bond acceptors (Lipinski definition) is 5. The van der Waals surface area contributed by atoms with Crippen LogP contribution in [-0.2, 0) is 0 Å². The van der Waals surface area contributed by atoms with E-state index in [1.54, 1.807) is 12.1 Å². The molecule has 2 heterocycles. The van der Waals surface area contributed by atoms with Gasteiger partial charge in [0, 0.05) is 18.2 Å². The molecular weight excluding hydrogens is 352 g/mol. The van der Waals surface area contributed by atoms with Crippen molar-refractivity contribution < 1.29 is 4.79 Å². The Morgan fingerprint density at radius 2 is 2.12 bits per heavy atom. The van der Waals surface area contributed by atoms with Crippen LogP contribution in [0.25, 0.3) is 11.0 Å². The van der Waals surface area contributed by atoms with Gasteiger partial charge < -0.3 is 4.90 Å². The Hall–Kier alpha value is -1.60. The molecule has 2 aliphatic rings. The Morgan fingerprint density at radius 3 is 2.92 bits per heavy atom. The van der Waals surface area contributed by atoms with Gasteiger partial charge in [-0.1, -0.05) is 20.8 Å². The number of aromatic nitrogens is 2. The highest BCUT2D eigenvalue weighted by Crippen LogP contribution is 2.49. The first-order valence-electron chi connectivity index (χ1n) is 8.69. The Bertz CT molecular complexity index is 846. The van der Waals surface area contributed by atoms with Crippen molar-refractivity contribution in [3.8, 4) is 0 Å². The molecule has 3 unspecified atom stereocenters. The second kappa shape index (κ2) is 5.99. The van der Waals surface area contributed by atoms with Crippen LogP contribution in [0.2, 0.25) is 0 Å². The van der Waals surface area contributed by atoms with Crippen LogP contribution in [0.1, 0.15) is 44.0 Å². The van der Waals surface area contributed by atoms with Crippen molar-refractivity contribution in [2.75, 3.05) is 6.54 Å². The zero-order valence-corrected chi connectivity index (χ0v) is 16.3. The maximum absolute atomic E-state index is 12.6. The van der Waals surface area contributed by atoms with Crippen LogP contribution in [0.4, 0.5) is 0 Å². The third-order valence-corrected chi connectivity index (χ3v) is 7.04. The van der Waals surface area contributed by atoms with Crippen LogP contribution in [0.15, 0.2) is 18.2 Å². The highest BCUT2D eigenvalue weighted by molar-refractivity contribution is 7.80. The maximum atomic E-state index is 12.6. The molecule has 1 aliphatic carbocycles. The van der Waals surface area contributed by atoms with E-state index in [2.05, 4.69) is 39.7 Å². The fourth-order valence-corrected chi connectivity index (χ4v) is 5.19. The summed E-state index contributed by atoms with van der Waals surface area (Å²) in [6.07, 6.45) is 2.30. The van der Waals surface area contributed by atoms with Crippen molar-refractivity contribution >= 4 is 46.0 Å². The fourth-order valence-electron chi connectivity index (χ4n) is 4.35. The van der Waals surface area contributed by atoms with Gasteiger partial charge in [0.15, 0.2) is 5.11 Å². The number of carbonyl (C=O) groups excluding carboxylic acids is 1. The van der Waals surface area contributed by atoms with Crippen LogP contribution >= 0.6 is 23.9 Å². The lowest BCUT2D eigenvalue weighted by Gasteiger charge is -2.41. The summed E-state index contributed by atoms with van der Waals surface area (Å²) in [6, 6.07) is 5.80. The van der Waals surface area contributed by atoms with Gasteiger partial charge in [-0.25, -0.2) is 0 Å². The topological polar surface area (TPSA) is 58.1 Å². The summed E-state index contributed by atoms with van der Waals surface area (Å²) in [5, 5.41) is 3.48. The average Bonchev–Trinajstić information content (AvgIpc) is 3.16. The Balaban J connectivity index is 1.48. The van der Waals surface area contributed by atoms with Gasteiger partial charge in [0.25, 0.3) is 5.91 Å². The molecular formula is C18H22N4OS2. The van der Waals surface area contributed by atoms with Crippen molar-refractivity contribution in [1.29, 1.82) is 0 Å². The van der Waals surface area contributed by atoms with Gasteiger partial charge in [-0.3, -0.25) is 10.1 Å². The van der Waals surface area contributed by atoms with E-state index in [4.69, 9.17) is 12.2 Å². The molecule has 2 bridgehead atoms. The zero-order chi connectivity index (χ0) is 17.8. The monoisotopic (exact) mass is 374 g/mol. The predicted octanol–water partition coefficient (Wildman–Crippen LogP) is 3.46. The van der Waals surface area contributed by atoms with Gasteiger partial charge in [0.05, 0.1) is 11.7 Å². The zero-order valence-electron chi connectivity index (χ0n) is 14.7. The van der Waals surface area contributed by atoms with Crippen molar-refractivity contribution in [3.05, 3.63) is 23.8 Å². The molecule has 1 aromatic carbocycles. The summed E-state index contributed by atoms with van der Waals surface area (Å²) in [4.78, 5) is 14.8. The normalized spacial score (nSPS) is 27.5. The van der Waals surface area contributed by atoms with Gasteiger partial charge >= 0.3 is 0 Å². The summed E-state index contributed by atoms with van der Waals surface area (Å²) in [5.41, 5.74) is 2.45. The number of hydrogen-bond donors (Lipinski definition) is 1. The number of rotatable bonds is 1. The Morgan fingerprint density at radius 1 is 1.36 bits per heavy atom. The van der Waals surface area contributed by atoms with Gasteiger partial charge in [0.2, 0.25) is 0 Å². The molecule has 1 saturated carbocycles. The molecule has 1 saturated heterocycles. The van der Waals surface area contributed by atoms with E-state index in [1.165, 1.54) is 6.42 Å². The van der Waals surface area contributed by atoms with Crippen LogP contribution in [0.5, 0.6) is 0 Å². The first-order valence-corrected chi connectivity index (χ1v) is 9.83. The average molecular weight is 375 g/mol. The second-order valence-electron chi connectivity index (χ2n) is 8.01. The molecule has 25 heavy (non-hydrogen) atoms. The Labute approximate surface area is 157 Å². The number of likely N-dealkylation sites (tertiary alicyclic amines) is 1. The van der Waals surface area contributed by atoms with Crippen molar-refractivity contribution in [3.63, 3.8) is 0 Å². The van der Waals surface area contributed by atoms with Gasteiger partial charge in [-0.2, -0.15) is 8.75 Å². The number of nitrogens with one attached hydrogen (secondary N) is 1. The number of nitrogens with zero attached hydrogens (tertiary/aromatic N) is 3. The summed E-state index contributed by atoms with van der Waals surface area (Å²) in [6.45, 7) is 7.99. The van der Waals surface area contributed by atoms with Crippen molar-refractivity contribution in [2.24, 2.45) is 17.3 Å². The lowest BCUT2D eigenvalue weighted by atomic mass is 9.65. The van der Waals surface area contributed by atoms with Crippen molar-refractivity contribution in [2.45, 2.75) is 39.7 Å². The summed E-state index contributed by atoms with van der Waals surface area (Å²) in [7, 11) is 0. The van der Waals surface area contributed by atoms with E-state index in [-0.39, 0.29) is 5.91 Å². The van der Waals surface area contributed by atoms with Gasteiger partial charge in [-0.05, 0) is 60.5 Å². The lowest BCUT2D eigenvalue weighted by molar-refractivity contribution is 0.0969. The maximum Gasteiger partial charge on any atom is 0.257 e. The largest absolute Gasteiger partial charge is 0.346 e. The van der Waals surface area contributed by atoms with Gasteiger partial charge in [0.1, 0.15) is 11.0 Å². The summed E-state index contributed by atoms with van der Waals surface area (Å²) in [5.74, 6) is 1.15. The van der Waals surface area contributed by atoms with Crippen LogP contribution in [0.3, 0.4) is 0 Å².